The molecule has 2 aromatic rings. The summed E-state index contributed by atoms with van der Waals surface area (Å²) in [5.74, 6) is -2.19. The molecule has 3 rings (SSSR count). The zero-order valence-corrected chi connectivity index (χ0v) is 14.7. The molecule has 3 atom stereocenters. The number of thioether (sulfide) groups is 1. The molecule has 1 aliphatic rings. The Labute approximate surface area is 153 Å². The highest BCUT2D eigenvalue weighted by atomic mass is 32.2. The number of hydrogen-bond donors (Lipinski definition) is 1. The van der Waals surface area contributed by atoms with Crippen molar-refractivity contribution in [2.24, 2.45) is 5.92 Å². The minimum absolute atomic E-state index is 0.0321. The fourth-order valence-electron chi connectivity index (χ4n) is 3.36. The third-order valence-corrected chi connectivity index (χ3v) is 6.25. The molecule has 1 fully saturated rings. The van der Waals surface area contributed by atoms with Gasteiger partial charge in [-0.15, -0.1) is 11.8 Å². The second kappa shape index (κ2) is 6.96. The van der Waals surface area contributed by atoms with Crippen molar-refractivity contribution in [1.29, 1.82) is 0 Å². The summed E-state index contributed by atoms with van der Waals surface area (Å²) >= 11 is 0.572. The molecule has 1 N–H and O–H groups in total. The maximum Gasteiger partial charge on any atom is 0.408 e. The van der Waals surface area contributed by atoms with Crippen LogP contribution in [-0.4, -0.2) is 36.0 Å². The van der Waals surface area contributed by atoms with Crippen LogP contribution in [0.3, 0.4) is 0 Å². The first-order valence-corrected chi connectivity index (χ1v) is 8.92. The van der Waals surface area contributed by atoms with E-state index < -0.39 is 28.7 Å². The van der Waals surface area contributed by atoms with Crippen molar-refractivity contribution in [3.63, 3.8) is 0 Å². The van der Waals surface area contributed by atoms with Crippen molar-refractivity contribution in [2.45, 2.75) is 17.0 Å². The molecule has 2 aromatic carbocycles. The van der Waals surface area contributed by atoms with Crippen LogP contribution in [0, 0.1) is 5.92 Å². The van der Waals surface area contributed by atoms with Crippen molar-refractivity contribution in [2.75, 3.05) is 12.9 Å². The van der Waals surface area contributed by atoms with E-state index in [4.69, 9.17) is 4.74 Å². The smallest absolute Gasteiger partial charge is 0.408 e. The lowest BCUT2D eigenvalue weighted by atomic mass is 9.77. The molecule has 26 heavy (non-hydrogen) atoms. The summed E-state index contributed by atoms with van der Waals surface area (Å²) in [4.78, 5) is 13.0. The average Bonchev–Trinajstić information content (AvgIpc) is 3.00. The molecule has 7 heteroatoms. The topological polar surface area (TPSA) is 46.5 Å². The maximum absolute atomic E-state index is 14.2. The first kappa shape index (κ1) is 18.8. The van der Waals surface area contributed by atoms with E-state index in [0.717, 1.165) is 0 Å². The largest absolute Gasteiger partial charge is 0.497 e. The van der Waals surface area contributed by atoms with Gasteiger partial charge in [0.2, 0.25) is 0 Å². The van der Waals surface area contributed by atoms with Crippen LogP contribution in [0.4, 0.5) is 13.2 Å². The summed E-state index contributed by atoms with van der Waals surface area (Å²) in [5, 5.41) is 10.3. The number of methoxy groups -OCH3 is 1. The Kier molecular flexibility index (Phi) is 5.03. The summed E-state index contributed by atoms with van der Waals surface area (Å²) in [6, 6.07) is 13.3. The van der Waals surface area contributed by atoms with Gasteiger partial charge in [0.05, 0.1) is 19.1 Å². The van der Waals surface area contributed by atoms with E-state index in [1.165, 1.54) is 43.5 Å². The number of rotatable bonds is 4. The molecular weight excluding hydrogens is 365 g/mol. The molecule has 0 saturated carbocycles. The zero-order valence-electron chi connectivity index (χ0n) is 13.9. The molecule has 1 aliphatic heterocycles. The number of benzene rings is 2. The van der Waals surface area contributed by atoms with Gasteiger partial charge in [-0.2, -0.15) is 13.2 Å². The van der Waals surface area contributed by atoms with Crippen LogP contribution < -0.4 is 4.74 Å². The van der Waals surface area contributed by atoms with Crippen molar-refractivity contribution in [3.8, 4) is 5.75 Å². The Balaban J connectivity index is 2.14. The summed E-state index contributed by atoms with van der Waals surface area (Å²) in [6.07, 6.45) is -6.11. The van der Waals surface area contributed by atoms with Crippen LogP contribution in [-0.2, 0) is 4.75 Å². The standard InChI is InChI=1S/C19H17F3O3S/c1-25-14-9-5-6-12(10-14)17(24)16-15(23)11-26-18(16,19(20,21)22)13-7-3-2-4-8-13/h2-10,15-16,23H,11H2,1H3/t15-,16+,18-/m1/s1. The molecule has 1 saturated heterocycles. The number of halogens is 3. The van der Waals surface area contributed by atoms with E-state index in [9.17, 15) is 23.1 Å². The predicted octanol–water partition coefficient (Wildman–Crippen LogP) is 4.06. The van der Waals surface area contributed by atoms with Crippen LogP contribution in [0.2, 0.25) is 0 Å². The number of aliphatic hydroxyl groups is 1. The van der Waals surface area contributed by atoms with E-state index in [2.05, 4.69) is 0 Å². The molecular formula is C19H17F3O3S. The van der Waals surface area contributed by atoms with Gasteiger partial charge >= 0.3 is 6.18 Å². The Morgan fingerprint density at radius 3 is 2.50 bits per heavy atom. The Bertz CT molecular complexity index is 794. The van der Waals surface area contributed by atoms with Crippen LogP contribution in [0.5, 0.6) is 5.75 Å². The summed E-state index contributed by atoms with van der Waals surface area (Å²) in [7, 11) is 1.41. The number of carbonyl (C=O) groups excluding carboxylic acids is 1. The van der Waals surface area contributed by atoms with Gasteiger partial charge in [-0.3, -0.25) is 4.79 Å². The lowest BCUT2D eigenvalue weighted by Gasteiger charge is -2.36. The number of ether oxygens (including phenoxy) is 1. The SMILES string of the molecule is COc1cccc(C(=O)[C@@H]2[C@H](O)CS[C@@]2(c2ccccc2)C(F)(F)F)c1. The van der Waals surface area contributed by atoms with Gasteiger partial charge in [-0.25, -0.2) is 0 Å². The fourth-order valence-corrected chi connectivity index (χ4v) is 4.90. The zero-order chi connectivity index (χ0) is 18.9. The highest BCUT2D eigenvalue weighted by Crippen LogP contribution is 2.60. The molecule has 0 unspecified atom stereocenters. The summed E-state index contributed by atoms with van der Waals surface area (Å²) in [5.41, 5.74) is 0.0516. The molecule has 3 nitrogen and oxygen atoms in total. The minimum atomic E-state index is -4.71. The van der Waals surface area contributed by atoms with E-state index in [-0.39, 0.29) is 16.9 Å². The van der Waals surface area contributed by atoms with Gasteiger partial charge in [0.15, 0.2) is 5.78 Å². The Hall–Kier alpha value is -1.99. The Morgan fingerprint density at radius 2 is 1.88 bits per heavy atom. The first-order valence-electron chi connectivity index (χ1n) is 7.94. The van der Waals surface area contributed by atoms with Crippen molar-refractivity contribution in [3.05, 3.63) is 65.7 Å². The number of Topliss-reactive ketones (excluding diaryl/α,β-unsaturated/α-hetero) is 1. The van der Waals surface area contributed by atoms with Crippen molar-refractivity contribution in [1.82, 2.24) is 0 Å². The van der Waals surface area contributed by atoms with E-state index in [1.807, 2.05) is 0 Å². The van der Waals surface area contributed by atoms with Gasteiger partial charge in [0.25, 0.3) is 0 Å². The third-order valence-electron chi connectivity index (χ3n) is 4.57. The molecule has 1 heterocycles. The number of carbonyl (C=O) groups is 1. The number of aliphatic hydroxyl groups excluding tert-OH is 1. The van der Waals surface area contributed by atoms with E-state index in [1.54, 1.807) is 18.2 Å². The molecule has 138 valence electrons. The number of ketones is 1. The first-order chi connectivity index (χ1) is 12.3. The van der Waals surface area contributed by atoms with Gasteiger partial charge in [0, 0.05) is 11.3 Å². The second-order valence-electron chi connectivity index (χ2n) is 6.05. The molecule has 0 radical (unpaired) electrons. The highest BCUT2D eigenvalue weighted by molar-refractivity contribution is 8.00. The van der Waals surface area contributed by atoms with Crippen molar-refractivity contribution < 1.29 is 27.8 Å². The average molecular weight is 382 g/mol. The molecule has 0 spiro atoms. The van der Waals surface area contributed by atoms with E-state index >= 15 is 0 Å². The molecule has 0 bridgehead atoms. The van der Waals surface area contributed by atoms with Gasteiger partial charge in [0.1, 0.15) is 10.5 Å². The normalized spacial score (nSPS) is 25.9. The van der Waals surface area contributed by atoms with Crippen LogP contribution in [0.1, 0.15) is 15.9 Å². The summed E-state index contributed by atoms with van der Waals surface area (Å²) in [6.45, 7) is 0. The third kappa shape index (κ3) is 2.99. The Morgan fingerprint density at radius 1 is 1.19 bits per heavy atom. The second-order valence-corrected chi connectivity index (χ2v) is 7.32. The fraction of sp³-hybridized carbons (Fsp3) is 0.316. The molecule has 0 amide bonds. The van der Waals surface area contributed by atoms with Gasteiger partial charge in [-0.05, 0) is 17.7 Å². The van der Waals surface area contributed by atoms with Gasteiger partial charge < -0.3 is 9.84 Å². The van der Waals surface area contributed by atoms with E-state index in [0.29, 0.717) is 17.5 Å². The molecule has 0 aliphatic carbocycles. The number of alkyl halides is 3. The number of hydrogen-bond acceptors (Lipinski definition) is 4. The maximum atomic E-state index is 14.2. The lowest BCUT2D eigenvalue weighted by Crippen LogP contribution is -2.49. The lowest BCUT2D eigenvalue weighted by molar-refractivity contribution is -0.174. The predicted molar refractivity (Wildman–Crippen MR) is 93.5 cm³/mol. The monoisotopic (exact) mass is 382 g/mol. The quantitative estimate of drug-likeness (QED) is 0.810. The minimum Gasteiger partial charge on any atom is -0.497 e. The van der Waals surface area contributed by atoms with Crippen LogP contribution >= 0.6 is 11.8 Å². The van der Waals surface area contributed by atoms with Crippen LogP contribution in [0.25, 0.3) is 0 Å². The van der Waals surface area contributed by atoms with Gasteiger partial charge in [-0.1, -0.05) is 42.5 Å². The summed E-state index contributed by atoms with van der Waals surface area (Å²) < 4.78 is 45.3. The van der Waals surface area contributed by atoms with Crippen LogP contribution in [0.15, 0.2) is 54.6 Å². The van der Waals surface area contributed by atoms with Crippen molar-refractivity contribution >= 4 is 17.5 Å². The highest BCUT2D eigenvalue weighted by Gasteiger charge is 2.67. The molecule has 0 aromatic heterocycles.